The first kappa shape index (κ1) is 16.2. The fourth-order valence-corrected chi connectivity index (χ4v) is 2.70. The molecule has 2 N–H and O–H groups in total. The van der Waals surface area contributed by atoms with Gasteiger partial charge >= 0.3 is 5.97 Å². The number of aliphatic hydroxyl groups is 1. The van der Waals surface area contributed by atoms with Crippen LogP contribution in [0.2, 0.25) is 0 Å². The zero-order valence-corrected chi connectivity index (χ0v) is 13.8. The van der Waals surface area contributed by atoms with Crippen LogP contribution < -0.4 is 5.32 Å². The fourth-order valence-electron chi connectivity index (χ4n) is 2.34. The van der Waals surface area contributed by atoms with Crippen LogP contribution in [0.1, 0.15) is 32.1 Å². The van der Waals surface area contributed by atoms with Crippen molar-refractivity contribution in [1.29, 1.82) is 0 Å². The normalized spacial score (nSPS) is 17.0. The maximum atomic E-state index is 11.9. The largest absolute Gasteiger partial charge is 0.453 e. The number of halogens is 1. The van der Waals surface area contributed by atoms with Gasteiger partial charge in [-0.05, 0) is 72.5 Å². The van der Waals surface area contributed by atoms with E-state index < -0.39 is 17.5 Å². The fraction of sp³-hybridized carbons (Fsp3) is 0.467. The van der Waals surface area contributed by atoms with Crippen molar-refractivity contribution in [2.75, 3.05) is 11.9 Å². The number of esters is 1. The summed E-state index contributed by atoms with van der Waals surface area (Å²) < 4.78 is 6.01. The number of ether oxygens (including phenoxy) is 1. The molecule has 1 aromatic carbocycles. The van der Waals surface area contributed by atoms with Crippen LogP contribution >= 0.6 is 22.6 Å². The molecule has 0 spiro atoms. The zero-order chi connectivity index (χ0) is 15.3. The van der Waals surface area contributed by atoms with Gasteiger partial charge in [-0.15, -0.1) is 0 Å². The SMILES string of the molecule is O=C(COC(=O)C1(O)CCCCC1)Nc1ccc(I)cc1. The monoisotopic (exact) mass is 403 g/mol. The highest BCUT2D eigenvalue weighted by Crippen LogP contribution is 2.29. The molecular formula is C15H18INO4. The predicted octanol–water partition coefficient (Wildman–Crippen LogP) is 2.47. The third-order valence-electron chi connectivity index (χ3n) is 3.52. The van der Waals surface area contributed by atoms with E-state index >= 15 is 0 Å². The molecule has 114 valence electrons. The molecule has 1 aliphatic rings. The van der Waals surface area contributed by atoms with E-state index in [1.165, 1.54) is 0 Å². The second-order valence-electron chi connectivity index (χ2n) is 5.22. The predicted molar refractivity (Wildman–Crippen MR) is 86.8 cm³/mol. The molecule has 2 rings (SSSR count). The average molecular weight is 403 g/mol. The number of amides is 1. The molecule has 0 aromatic heterocycles. The van der Waals surface area contributed by atoms with Crippen molar-refractivity contribution in [3.63, 3.8) is 0 Å². The average Bonchev–Trinajstić information content (AvgIpc) is 2.48. The Labute approximate surface area is 137 Å². The molecule has 0 unspecified atom stereocenters. The Morgan fingerprint density at radius 1 is 1.19 bits per heavy atom. The van der Waals surface area contributed by atoms with Crippen molar-refractivity contribution in [1.82, 2.24) is 0 Å². The molecule has 1 amide bonds. The minimum absolute atomic E-state index is 0.382. The Balaban J connectivity index is 1.80. The van der Waals surface area contributed by atoms with Crippen LogP contribution in [0.15, 0.2) is 24.3 Å². The van der Waals surface area contributed by atoms with E-state index in [1.807, 2.05) is 12.1 Å². The Bertz CT molecular complexity index is 509. The van der Waals surface area contributed by atoms with Gasteiger partial charge in [-0.1, -0.05) is 6.42 Å². The Kier molecular flexibility index (Phi) is 5.58. The first-order chi connectivity index (χ1) is 9.99. The summed E-state index contributed by atoms with van der Waals surface area (Å²) in [6.45, 7) is -0.382. The Morgan fingerprint density at radius 3 is 2.43 bits per heavy atom. The Hall–Kier alpha value is -1.15. The van der Waals surface area contributed by atoms with Crippen LogP contribution in [0, 0.1) is 3.57 Å². The number of rotatable bonds is 4. The first-order valence-corrected chi connectivity index (χ1v) is 8.02. The second kappa shape index (κ2) is 7.22. The highest BCUT2D eigenvalue weighted by atomic mass is 127. The van der Waals surface area contributed by atoms with E-state index in [-0.39, 0.29) is 6.61 Å². The third kappa shape index (κ3) is 4.67. The molecular weight excluding hydrogens is 385 g/mol. The van der Waals surface area contributed by atoms with Crippen molar-refractivity contribution in [3.05, 3.63) is 27.8 Å². The smallest absolute Gasteiger partial charge is 0.338 e. The summed E-state index contributed by atoms with van der Waals surface area (Å²) in [6.07, 6.45) is 3.44. The van der Waals surface area contributed by atoms with E-state index in [1.54, 1.807) is 12.1 Å². The molecule has 0 atom stereocenters. The van der Waals surface area contributed by atoms with E-state index in [9.17, 15) is 14.7 Å². The molecule has 1 fully saturated rings. The van der Waals surface area contributed by atoms with Gasteiger partial charge in [0.15, 0.2) is 12.2 Å². The summed E-state index contributed by atoms with van der Waals surface area (Å²) in [7, 11) is 0. The number of nitrogens with one attached hydrogen (secondary N) is 1. The van der Waals surface area contributed by atoms with Gasteiger partial charge in [-0.25, -0.2) is 4.79 Å². The van der Waals surface area contributed by atoms with Gasteiger partial charge in [0.05, 0.1) is 0 Å². The number of hydrogen-bond donors (Lipinski definition) is 2. The summed E-state index contributed by atoms with van der Waals surface area (Å²) in [4.78, 5) is 23.6. The molecule has 0 bridgehead atoms. The lowest BCUT2D eigenvalue weighted by molar-refractivity contribution is -0.170. The molecule has 0 radical (unpaired) electrons. The zero-order valence-electron chi connectivity index (χ0n) is 11.6. The maximum Gasteiger partial charge on any atom is 0.338 e. The second-order valence-corrected chi connectivity index (χ2v) is 6.47. The van der Waals surface area contributed by atoms with Gasteiger partial charge in [0.25, 0.3) is 5.91 Å². The number of hydrogen-bond acceptors (Lipinski definition) is 4. The van der Waals surface area contributed by atoms with Crippen molar-refractivity contribution >= 4 is 40.2 Å². The van der Waals surface area contributed by atoms with Crippen LogP contribution in [0.4, 0.5) is 5.69 Å². The third-order valence-corrected chi connectivity index (χ3v) is 4.24. The standard InChI is InChI=1S/C15H18INO4/c16-11-4-6-12(7-5-11)17-13(18)10-21-14(19)15(20)8-2-1-3-9-15/h4-7,20H,1-3,8-10H2,(H,17,18). The van der Waals surface area contributed by atoms with Gasteiger partial charge in [-0.2, -0.15) is 0 Å². The van der Waals surface area contributed by atoms with Crippen molar-refractivity contribution in [2.45, 2.75) is 37.7 Å². The van der Waals surface area contributed by atoms with E-state index in [0.29, 0.717) is 18.5 Å². The minimum atomic E-state index is -1.42. The minimum Gasteiger partial charge on any atom is -0.453 e. The van der Waals surface area contributed by atoms with Crippen molar-refractivity contribution in [3.8, 4) is 0 Å². The molecule has 1 aliphatic carbocycles. The van der Waals surface area contributed by atoms with Crippen LogP contribution in [0.5, 0.6) is 0 Å². The van der Waals surface area contributed by atoms with E-state index in [4.69, 9.17) is 4.74 Å². The first-order valence-electron chi connectivity index (χ1n) is 6.95. The number of anilines is 1. The Morgan fingerprint density at radius 2 is 1.81 bits per heavy atom. The molecule has 6 heteroatoms. The molecule has 0 aliphatic heterocycles. The number of benzene rings is 1. The molecule has 5 nitrogen and oxygen atoms in total. The van der Waals surface area contributed by atoms with Crippen LogP contribution in [-0.4, -0.2) is 29.2 Å². The lowest BCUT2D eigenvalue weighted by Gasteiger charge is -2.29. The molecule has 1 saturated carbocycles. The summed E-state index contributed by atoms with van der Waals surface area (Å²) in [5, 5.41) is 12.8. The molecule has 0 heterocycles. The van der Waals surface area contributed by atoms with E-state index in [0.717, 1.165) is 22.8 Å². The van der Waals surface area contributed by atoms with Crippen LogP contribution in [0.3, 0.4) is 0 Å². The summed E-state index contributed by atoms with van der Waals surface area (Å²) >= 11 is 2.17. The van der Waals surface area contributed by atoms with Gasteiger partial charge < -0.3 is 15.2 Å². The quantitative estimate of drug-likeness (QED) is 0.599. The number of carbonyl (C=O) groups is 2. The highest BCUT2D eigenvalue weighted by Gasteiger charge is 2.38. The molecule has 0 saturated heterocycles. The van der Waals surface area contributed by atoms with Crippen LogP contribution in [0.25, 0.3) is 0 Å². The topological polar surface area (TPSA) is 75.6 Å². The lowest BCUT2D eigenvalue weighted by Crippen LogP contribution is -2.42. The van der Waals surface area contributed by atoms with Gasteiger partial charge in [0, 0.05) is 9.26 Å². The molecule has 1 aromatic rings. The summed E-state index contributed by atoms with van der Waals surface area (Å²) in [5.41, 5.74) is -0.769. The lowest BCUT2D eigenvalue weighted by atomic mass is 9.85. The van der Waals surface area contributed by atoms with Crippen LogP contribution in [-0.2, 0) is 14.3 Å². The van der Waals surface area contributed by atoms with Gasteiger partial charge in [0.1, 0.15) is 0 Å². The van der Waals surface area contributed by atoms with Crippen molar-refractivity contribution in [2.24, 2.45) is 0 Å². The summed E-state index contributed by atoms with van der Waals surface area (Å²) in [5.74, 6) is -1.11. The number of carbonyl (C=O) groups excluding carboxylic acids is 2. The van der Waals surface area contributed by atoms with Gasteiger partial charge in [0.2, 0.25) is 0 Å². The maximum absolute atomic E-state index is 11.9. The van der Waals surface area contributed by atoms with Crippen molar-refractivity contribution < 1.29 is 19.4 Å². The summed E-state index contributed by atoms with van der Waals surface area (Å²) in [6, 6.07) is 7.28. The van der Waals surface area contributed by atoms with Gasteiger partial charge in [-0.3, -0.25) is 4.79 Å². The molecule has 21 heavy (non-hydrogen) atoms. The highest BCUT2D eigenvalue weighted by molar-refractivity contribution is 14.1. The van der Waals surface area contributed by atoms with E-state index in [2.05, 4.69) is 27.9 Å².